The highest BCUT2D eigenvalue weighted by molar-refractivity contribution is 7.03. The van der Waals surface area contributed by atoms with Crippen molar-refractivity contribution < 1.29 is 9.53 Å². The Morgan fingerprint density at radius 2 is 2.24 bits per heavy atom. The molecule has 3 aliphatic rings. The predicted molar refractivity (Wildman–Crippen MR) is 81.5 cm³/mol. The topological polar surface area (TPSA) is 54.5 Å². The zero-order valence-electron chi connectivity index (χ0n) is 12.1. The van der Waals surface area contributed by atoms with Gasteiger partial charge in [-0.3, -0.25) is 5.32 Å². The van der Waals surface area contributed by atoms with Gasteiger partial charge in [0.1, 0.15) is 5.82 Å². The van der Waals surface area contributed by atoms with Crippen LogP contribution >= 0.6 is 11.5 Å². The highest BCUT2D eigenvalue weighted by Gasteiger charge is 2.59. The number of aromatic nitrogens is 1. The van der Waals surface area contributed by atoms with Crippen molar-refractivity contribution in [2.75, 3.05) is 25.1 Å². The highest BCUT2D eigenvalue weighted by atomic mass is 32.1. The lowest BCUT2D eigenvalue weighted by atomic mass is 9.54. The van der Waals surface area contributed by atoms with Gasteiger partial charge in [-0.05, 0) is 49.2 Å². The van der Waals surface area contributed by atoms with Crippen molar-refractivity contribution in [3.05, 3.63) is 11.4 Å². The van der Waals surface area contributed by atoms with Gasteiger partial charge >= 0.3 is 6.03 Å². The third kappa shape index (κ3) is 2.25. The molecule has 21 heavy (non-hydrogen) atoms. The summed E-state index contributed by atoms with van der Waals surface area (Å²) in [5.74, 6) is 1.28. The molecule has 2 amide bonds. The second-order valence-corrected chi connectivity index (χ2v) is 7.22. The summed E-state index contributed by atoms with van der Waals surface area (Å²) in [4.78, 5) is 14.6. The summed E-state index contributed by atoms with van der Waals surface area (Å²) < 4.78 is 9.66. The number of urea groups is 1. The molecule has 3 heterocycles. The Balaban J connectivity index is 1.47. The van der Waals surface area contributed by atoms with E-state index in [-0.39, 0.29) is 6.03 Å². The molecule has 1 unspecified atom stereocenters. The van der Waals surface area contributed by atoms with Crippen LogP contribution in [0.3, 0.4) is 0 Å². The zero-order valence-corrected chi connectivity index (χ0v) is 12.9. The second-order valence-electron chi connectivity index (χ2n) is 6.55. The molecule has 0 radical (unpaired) electrons. The van der Waals surface area contributed by atoms with Gasteiger partial charge in [-0.25, -0.2) is 4.79 Å². The van der Waals surface area contributed by atoms with Gasteiger partial charge in [0.25, 0.3) is 0 Å². The summed E-state index contributed by atoms with van der Waals surface area (Å²) in [7, 11) is 0. The third-order valence-corrected chi connectivity index (χ3v) is 6.00. The van der Waals surface area contributed by atoms with Crippen molar-refractivity contribution in [2.45, 2.75) is 38.1 Å². The lowest BCUT2D eigenvalue weighted by Crippen LogP contribution is -2.72. The number of rotatable bonds is 2. The molecular formula is C15H21N3O2S. The van der Waals surface area contributed by atoms with Crippen LogP contribution in [-0.2, 0) is 4.74 Å². The SMILES string of the molecule is O=C(Nc1ccsn1)N1CC2(CCC2)C1C1CCOCC1. The molecule has 1 saturated carbocycles. The number of amides is 2. The largest absolute Gasteiger partial charge is 0.381 e. The van der Waals surface area contributed by atoms with Crippen LogP contribution in [0.15, 0.2) is 11.4 Å². The first-order valence-electron chi connectivity index (χ1n) is 7.84. The summed E-state index contributed by atoms with van der Waals surface area (Å²) in [6.07, 6.45) is 6.08. The standard InChI is InChI=1S/C15H21N3O2S/c19-14(16-12-4-9-21-17-12)18-10-15(5-1-6-15)13(18)11-2-7-20-8-3-11/h4,9,11,13H,1-3,5-8,10H2,(H,16,17,19). The molecule has 3 fully saturated rings. The van der Waals surface area contributed by atoms with Gasteiger partial charge in [-0.15, -0.1) is 0 Å². The molecule has 5 nitrogen and oxygen atoms in total. The van der Waals surface area contributed by atoms with Crippen molar-refractivity contribution in [3.8, 4) is 0 Å². The molecular weight excluding hydrogens is 286 g/mol. The number of ether oxygens (including phenoxy) is 1. The summed E-state index contributed by atoms with van der Waals surface area (Å²) in [5.41, 5.74) is 0.418. The predicted octanol–water partition coefficient (Wildman–Crippen LogP) is 2.96. The number of likely N-dealkylation sites (tertiary alicyclic amines) is 1. The van der Waals surface area contributed by atoms with Crippen LogP contribution in [0, 0.1) is 11.3 Å². The lowest BCUT2D eigenvalue weighted by Gasteiger charge is -2.64. The van der Waals surface area contributed by atoms with E-state index in [2.05, 4.69) is 14.6 Å². The van der Waals surface area contributed by atoms with Crippen molar-refractivity contribution in [2.24, 2.45) is 11.3 Å². The maximum absolute atomic E-state index is 12.5. The van der Waals surface area contributed by atoms with Crippen LogP contribution in [-0.4, -0.2) is 41.1 Å². The Kier molecular flexibility index (Phi) is 3.38. The molecule has 1 aromatic heterocycles. The van der Waals surface area contributed by atoms with Crippen molar-refractivity contribution >= 4 is 23.4 Å². The van der Waals surface area contributed by atoms with Crippen molar-refractivity contribution in [1.82, 2.24) is 9.27 Å². The van der Waals surface area contributed by atoms with E-state index >= 15 is 0 Å². The average Bonchev–Trinajstić information content (AvgIpc) is 2.90. The number of hydrogen-bond donors (Lipinski definition) is 1. The number of carbonyl (C=O) groups is 1. The molecule has 1 atom stereocenters. The molecule has 2 saturated heterocycles. The minimum atomic E-state index is 0.0231. The fourth-order valence-corrected chi connectivity index (χ4v) is 4.75. The molecule has 1 aliphatic carbocycles. The van der Waals surface area contributed by atoms with E-state index in [1.165, 1.54) is 30.8 Å². The molecule has 1 aromatic rings. The quantitative estimate of drug-likeness (QED) is 0.914. The minimum Gasteiger partial charge on any atom is -0.381 e. The van der Waals surface area contributed by atoms with Gasteiger partial charge in [0, 0.05) is 36.6 Å². The first-order valence-corrected chi connectivity index (χ1v) is 8.68. The van der Waals surface area contributed by atoms with Gasteiger partial charge in [0.2, 0.25) is 0 Å². The Labute approximate surface area is 128 Å². The van der Waals surface area contributed by atoms with Crippen LogP contribution in [0.25, 0.3) is 0 Å². The maximum atomic E-state index is 12.5. The summed E-state index contributed by atoms with van der Waals surface area (Å²) in [6, 6.07) is 2.29. The van der Waals surface area contributed by atoms with Gasteiger partial charge < -0.3 is 9.64 Å². The Bertz CT molecular complexity index is 509. The van der Waals surface area contributed by atoms with Crippen LogP contribution in [0.5, 0.6) is 0 Å². The van der Waals surface area contributed by atoms with E-state index in [0.717, 1.165) is 32.6 Å². The van der Waals surface area contributed by atoms with Gasteiger partial charge in [0.15, 0.2) is 0 Å². The van der Waals surface area contributed by atoms with Crippen molar-refractivity contribution in [1.29, 1.82) is 0 Å². The van der Waals surface area contributed by atoms with Crippen LogP contribution in [0.4, 0.5) is 10.6 Å². The number of nitrogens with one attached hydrogen (secondary N) is 1. The molecule has 0 bridgehead atoms. The van der Waals surface area contributed by atoms with Gasteiger partial charge in [-0.2, -0.15) is 4.37 Å². The zero-order chi connectivity index (χ0) is 14.3. The van der Waals surface area contributed by atoms with Gasteiger partial charge in [0.05, 0.1) is 0 Å². The second kappa shape index (κ2) is 5.25. The van der Waals surface area contributed by atoms with Crippen LogP contribution in [0.2, 0.25) is 0 Å². The molecule has 1 N–H and O–H groups in total. The van der Waals surface area contributed by atoms with Crippen molar-refractivity contribution in [3.63, 3.8) is 0 Å². The number of hydrogen-bond acceptors (Lipinski definition) is 4. The smallest absolute Gasteiger partial charge is 0.323 e. The first kappa shape index (κ1) is 13.5. The van der Waals surface area contributed by atoms with E-state index in [0.29, 0.717) is 23.2 Å². The molecule has 114 valence electrons. The highest BCUT2D eigenvalue weighted by Crippen LogP contribution is 2.56. The fourth-order valence-electron chi connectivity index (χ4n) is 4.28. The fraction of sp³-hybridized carbons (Fsp3) is 0.733. The summed E-state index contributed by atoms with van der Waals surface area (Å²) in [5, 5.41) is 4.82. The van der Waals surface area contributed by atoms with Crippen LogP contribution in [0.1, 0.15) is 32.1 Å². The molecule has 1 spiro atoms. The molecule has 2 aliphatic heterocycles. The Morgan fingerprint density at radius 1 is 1.43 bits per heavy atom. The maximum Gasteiger partial charge on any atom is 0.323 e. The van der Waals surface area contributed by atoms with Gasteiger partial charge in [-0.1, -0.05) is 6.42 Å². The Hall–Kier alpha value is -1.14. The lowest BCUT2D eigenvalue weighted by molar-refractivity contribution is -0.135. The van der Waals surface area contributed by atoms with Crippen LogP contribution < -0.4 is 5.32 Å². The average molecular weight is 307 g/mol. The molecule has 4 rings (SSSR count). The third-order valence-electron chi connectivity index (χ3n) is 5.44. The monoisotopic (exact) mass is 307 g/mol. The Morgan fingerprint density at radius 3 is 2.86 bits per heavy atom. The first-order chi connectivity index (χ1) is 10.3. The number of nitrogens with zero attached hydrogens (tertiary/aromatic N) is 2. The van der Waals surface area contributed by atoms with E-state index in [9.17, 15) is 4.79 Å². The minimum absolute atomic E-state index is 0.0231. The molecule has 0 aromatic carbocycles. The van der Waals surface area contributed by atoms with E-state index < -0.39 is 0 Å². The number of anilines is 1. The van der Waals surface area contributed by atoms with E-state index in [1.54, 1.807) is 0 Å². The molecule has 6 heteroatoms. The van der Waals surface area contributed by atoms with E-state index in [4.69, 9.17) is 4.74 Å². The summed E-state index contributed by atoms with van der Waals surface area (Å²) >= 11 is 1.36. The number of carbonyl (C=O) groups excluding carboxylic acids is 1. The summed E-state index contributed by atoms with van der Waals surface area (Å²) in [6.45, 7) is 2.61. The normalized spacial score (nSPS) is 28.0. The van der Waals surface area contributed by atoms with E-state index in [1.807, 2.05) is 11.4 Å².